The Bertz CT molecular complexity index is 871. The lowest BCUT2D eigenvalue weighted by atomic mass is 10.1. The average Bonchev–Trinajstić information content (AvgIpc) is 3.24. The van der Waals surface area contributed by atoms with Crippen LogP contribution in [-0.2, 0) is 13.1 Å². The van der Waals surface area contributed by atoms with E-state index in [2.05, 4.69) is 15.0 Å². The van der Waals surface area contributed by atoms with Crippen molar-refractivity contribution in [2.45, 2.75) is 26.9 Å². The largest absolute Gasteiger partial charge is 0.496 e. The van der Waals surface area contributed by atoms with Crippen LogP contribution in [0.2, 0.25) is 0 Å². The van der Waals surface area contributed by atoms with Crippen molar-refractivity contribution in [1.29, 1.82) is 0 Å². The number of rotatable bonds is 7. The molecule has 0 aliphatic rings. The van der Waals surface area contributed by atoms with Gasteiger partial charge in [0.15, 0.2) is 5.76 Å². The van der Waals surface area contributed by atoms with Crippen molar-refractivity contribution < 1.29 is 18.4 Å². The van der Waals surface area contributed by atoms with Gasteiger partial charge >= 0.3 is 0 Å². The van der Waals surface area contributed by atoms with Crippen LogP contribution in [0.1, 0.15) is 22.8 Å². The molecule has 0 saturated heterocycles. The standard InChI is InChI=1S/C19H23N3O4/c1-12-17(23-4)7-6-15(18(12)24-5)19-21-16(13(2)25-19)11-22(3)10-14-8-9-20-26-14/h6-9H,10-11H2,1-5H3. The van der Waals surface area contributed by atoms with E-state index in [1.165, 1.54) is 0 Å². The van der Waals surface area contributed by atoms with Gasteiger partial charge in [-0.15, -0.1) is 0 Å². The van der Waals surface area contributed by atoms with Gasteiger partial charge in [0.05, 0.1) is 38.2 Å². The van der Waals surface area contributed by atoms with Gasteiger partial charge in [-0.1, -0.05) is 5.16 Å². The van der Waals surface area contributed by atoms with E-state index in [1.807, 2.05) is 39.1 Å². The number of methoxy groups -OCH3 is 2. The molecule has 0 amide bonds. The Kier molecular flexibility index (Phi) is 5.27. The third-order valence-electron chi connectivity index (χ3n) is 4.24. The average molecular weight is 357 g/mol. The molecule has 0 saturated carbocycles. The Hall–Kier alpha value is -2.80. The lowest BCUT2D eigenvalue weighted by Crippen LogP contribution is -2.17. The molecule has 0 N–H and O–H groups in total. The highest BCUT2D eigenvalue weighted by Crippen LogP contribution is 2.38. The van der Waals surface area contributed by atoms with Crippen LogP contribution in [0.25, 0.3) is 11.5 Å². The summed E-state index contributed by atoms with van der Waals surface area (Å²) in [6.07, 6.45) is 1.64. The highest BCUT2D eigenvalue weighted by Gasteiger charge is 2.19. The summed E-state index contributed by atoms with van der Waals surface area (Å²) in [5.41, 5.74) is 2.59. The van der Waals surface area contributed by atoms with E-state index in [-0.39, 0.29) is 0 Å². The zero-order chi connectivity index (χ0) is 18.7. The third kappa shape index (κ3) is 3.57. The molecule has 0 fully saturated rings. The van der Waals surface area contributed by atoms with Crippen LogP contribution in [0, 0.1) is 13.8 Å². The van der Waals surface area contributed by atoms with Crippen molar-refractivity contribution in [2.75, 3.05) is 21.3 Å². The van der Waals surface area contributed by atoms with Crippen LogP contribution < -0.4 is 9.47 Å². The molecule has 0 atom stereocenters. The van der Waals surface area contributed by atoms with Crippen LogP contribution in [0.5, 0.6) is 11.5 Å². The second-order valence-electron chi connectivity index (χ2n) is 6.15. The molecule has 7 heteroatoms. The fourth-order valence-corrected chi connectivity index (χ4v) is 2.92. The van der Waals surface area contributed by atoms with Gasteiger partial charge in [0.1, 0.15) is 17.3 Å². The fourth-order valence-electron chi connectivity index (χ4n) is 2.92. The van der Waals surface area contributed by atoms with E-state index in [0.29, 0.717) is 24.7 Å². The molecular formula is C19H23N3O4. The Morgan fingerprint density at radius 3 is 2.54 bits per heavy atom. The Balaban J connectivity index is 1.85. The highest BCUT2D eigenvalue weighted by atomic mass is 16.5. The monoisotopic (exact) mass is 357 g/mol. The van der Waals surface area contributed by atoms with Crippen LogP contribution in [0.3, 0.4) is 0 Å². The minimum absolute atomic E-state index is 0.535. The van der Waals surface area contributed by atoms with Gasteiger partial charge in [0, 0.05) is 18.2 Å². The molecule has 0 spiro atoms. The first-order chi connectivity index (χ1) is 12.5. The van der Waals surface area contributed by atoms with Crippen molar-refractivity contribution in [3.8, 4) is 23.0 Å². The van der Waals surface area contributed by atoms with E-state index < -0.39 is 0 Å². The summed E-state index contributed by atoms with van der Waals surface area (Å²) < 4.78 is 22.0. The zero-order valence-corrected chi connectivity index (χ0v) is 15.7. The number of aryl methyl sites for hydroxylation is 1. The van der Waals surface area contributed by atoms with E-state index >= 15 is 0 Å². The number of aromatic nitrogens is 2. The first-order valence-corrected chi connectivity index (χ1v) is 8.29. The van der Waals surface area contributed by atoms with Crippen LogP contribution >= 0.6 is 0 Å². The Morgan fingerprint density at radius 1 is 1.08 bits per heavy atom. The van der Waals surface area contributed by atoms with E-state index in [9.17, 15) is 0 Å². The first-order valence-electron chi connectivity index (χ1n) is 8.29. The van der Waals surface area contributed by atoms with Crippen molar-refractivity contribution >= 4 is 0 Å². The number of hydrogen-bond acceptors (Lipinski definition) is 7. The maximum absolute atomic E-state index is 5.91. The number of hydrogen-bond donors (Lipinski definition) is 0. The SMILES string of the molecule is COc1ccc(-c2nc(CN(C)Cc3ccno3)c(C)o2)c(OC)c1C. The summed E-state index contributed by atoms with van der Waals surface area (Å²) in [4.78, 5) is 6.77. The zero-order valence-electron chi connectivity index (χ0n) is 15.7. The van der Waals surface area contributed by atoms with Gasteiger partial charge in [-0.2, -0.15) is 0 Å². The van der Waals surface area contributed by atoms with Crippen molar-refractivity contribution in [2.24, 2.45) is 0 Å². The quantitative estimate of drug-likeness (QED) is 0.639. The molecule has 7 nitrogen and oxygen atoms in total. The number of oxazole rings is 1. The highest BCUT2D eigenvalue weighted by molar-refractivity contribution is 5.68. The number of ether oxygens (including phenoxy) is 2. The van der Waals surface area contributed by atoms with Crippen LogP contribution in [0.15, 0.2) is 33.3 Å². The predicted octanol–water partition coefficient (Wildman–Crippen LogP) is 3.60. The molecule has 0 bridgehead atoms. The van der Waals surface area contributed by atoms with E-state index in [1.54, 1.807) is 20.4 Å². The second-order valence-corrected chi connectivity index (χ2v) is 6.15. The molecule has 1 aromatic carbocycles. The molecule has 0 aliphatic carbocycles. The third-order valence-corrected chi connectivity index (χ3v) is 4.24. The molecule has 3 rings (SSSR count). The summed E-state index contributed by atoms with van der Waals surface area (Å²) in [6.45, 7) is 5.14. The molecule has 138 valence electrons. The first kappa shape index (κ1) is 18.0. The normalized spacial score (nSPS) is 11.2. The van der Waals surface area contributed by atoms with E-state index in [4.69, 9.17) is 18.4 Å². The minimum Gasteiger partial charge on any atom is -0.496 e. The van der Waals surface area contributed by atoms with Gasteiger partial charge in [0.25, 0.3) is 0 Å². The lowest BCUT2D eigenvalue weighted by Gasteiger charge is -2.13. The maximum atomic E-state index is 5.91. The van der Waals surface area contributed by atoms with Crippen LogP contribution in [-0.4, -0.2) is 36.3 Å². The Labute approximate surface area is 152 Å². The maximum Gasteiger partial charge on any atom is 0.230 e. The van der Waals surface area contributed by atoms with Crippen molar-refractivity contribution in [1.82, 2.24) is 15.0 Å². The van der Waals surface area contributed by atoms with Gasteiger partial charge in [-0.05, 0) is 33.0 Å². The van der Waals surface area contributed by atoms with Crippen molar-refractivity contribution in [3.63, 3.8) is 0 Å². The van der Waals surface area contributed by atoms with E-state index in [0.717, 1.165) is 34.1 Å². The number of benzene rings is 1. The summed E-state index contributed by atoms with van der Waals surface area (Å²) >= 11 is 0. The summed E-state index contributed by atoms with van der Waals surface area (Å²) in [7, 11) is 5.26. The molecule has 26 heavy (non-hydrogen) atoms. The molecular weight excluding hydrogens is 334 g/mol. The molecule has 0 aliphatic heterocycles. The summed E-state index contributed by atoms with van der Waals surface area (Å²) in [5.74, 6) is 3.59. The van der Waals surface area contributed by atoms with Gasteiger partial charge < -0.3 is 18.4 Å². The topological polar surface area (TPSA) is 73.8 Å². The lowest BCUT2D eigenvalue weighted by molar-refractivity contribution is 0.263. The van der Waals surface area contributed by atoms with Crippen molar-refractivity contribution in [3.05, 3.63) is 47.2 Å². The minimum atomic E-state index is 0.535. The summed E-state index contributed by atoms with van der Waals surface area (Å²) in [6, 6.07) is 5.64. The second kappa shape index (κ2) is 7.61. The smallest absolute Gasteiger partial charge is 0.230 e. The van der Waals surface area contributed by atoms with Gasteiger partial charge in [-0.25, -0.2) is 4.98 Å². The molecule has 3 aromatic rings. The van der Waals surface area contributed by atoms with Gasteiger partial charge in [-0.3, -0.25) is 4.90 Å². The van der Waals surface area contributed by atoms with Crippen LogP contribution in [0.4, 0.5) is 0 Å². The fraction of sp³-hybridized carbons (Fsp3) is 0.368. The Morgan fingerprint density at radius 2 is 1.88 bits per heavy atom. The molecule has 0 radical (unpaired) electrons. The van der Waals surface area contributed by atoms with Gasteiger partial charge in [0.2, 0.25) is 5.89 Å². The summed E-state index contributed by atoms with van der Waals surface area (Å²) in [5, 5.41) is 3.73. The molecule has 2 aromatic heterocycles. The molecule has 0 unspecified atom stereocenters. The number of nitrogens with zero attached hydrogens (tertiary/aromatic N) is 3. The predicted molar refractivity (Wildman–Crippen MR) is 96.2 cm³/mol. The molecule has 2 heterocycles.